The standard InChI is InChI=1S/C7H4F2IN3O3/c8-5(9)4-3(10)1-2(6(11)14)7(12-4)13(15)16/h1,5H,(H2,11,14). The number of rotatable bonds is 3. The van der Waals surface area contributed by atoms with Crippen molar-refractivity contribution in [2.75, 3.05) is 0 Å². The highest BCUT2D eigenvalue weighted by Gasteiger charge is 2.28. The molecular formula is C7H4F2IN3O3. The Labute approximate surface area is 101 Å². The predicted molar refractivity (Wildman–Crippen MR) is 57.1 cm³/mol. The molecule has 1 rings (SSSR count). The lowest BCUT2D eigenvalue weighted by molar-refractivity contribution is -0.390. The first-order chi connectivity index (χ1) is 7.34. The van der Waals surface area contributed by atoms with E-state index < -0.39 is 34.3 Å². The van der Waals surface area contributed by atoms with Crippen LogP contribution < -0.4 is 5.73 Å². The molecule has 0 spiro atoms. The number of aromatic nitrogens is 1. The van der Waals surface area contributed by atoms with Gasteiger partial charge in [0.2, 0.25) is 5.69 Å². The largest absolute Gasteiger partial charge is 0.376 e. The fraction of sp³-hybridized carbons (Fsp3) is 0.143. The zero-order chi connectivity index (χ0) is 12.5. The molecule has 2 N–H and O–H groups in total. The van der Waals surface area contributed by atoms with Crippen molar-refractivity contribution in [1.29, 1.82) is 0 Å². The Morgan fingerprint density at radius 1 is 1.62 bits per heavy atom. The lowest BCUT2D eigenvalue weighted by Gasteiger charge is -2.02. The van der Waals surface area contributed by atoms with Gasteiger partial charge >= 0.3 is 12.2 Å². The van der Waals surface area contributed by atoms with Crippen LogP contribution in [-0.4, -0.2) is 15.8 Å². The molecule has 1 amide bonds. The molecule has 0 unspecified atom stereocenters. The summed E-state index contributed by atoms with van der Waals surface area (Å²) >= 11 is 1.50. The first kappa shape index (κ1) is 12.7. The van der Waals surface area contributed by atoms with Gasteiger partial charge in [0.25, 0.3) is 5.91 Å². The van der Waals surface area contributed by atoms with Crippen molar-refractivity contribution in [3.05, 3.63) is 31.0 Å². The zero-order valence-electron chi connectivity index (χ0n) is 7.49. The van der Waals surface area contributed by atoms with E-state index in [-0.39, 0.29) is 3.57 Å². The molecule has 1 heterocycles. The summed E-state index contributed by atoms with van der Waals surface area (Å²) in [4.78, 5) is 23.5. The Bertz CT molecular complexity index is 466. The van der Waals surface area contributed by atoms with Crippen molar-refractivity contribution in [2.45, 2.75) is 6.43 Å². The van der Waals surface area contributed by atoms with Crippen molar-refractivity contribution in [2.24, 2.45) is 5.73 Å². The Kier molecular flexibility index (Phi) is 3.67. The number of carbonyl (C=O) groups is 1. The van der Waals surface area contributed by atoms with Crippen molar-refractivity contribution >= 4 is 34.3 Å². The van der Waals surface area contributed by atoms with Crippen LogP contribution in [0.1, 0.15) is 22.5 Å². The number of hydrogen-bond donors (Lipinski definition) is 1. The van der Waals surface area contributed by atoms with E-state index in [1.165, 1.54) is 22.6 Å². The van der Waals surface area contributed by atoms with Crippen molar-refractivity contribution in [3.8, 4) is 0 Å². The first-order valence-corrected chi connectivity index (χ1v) is 4.85. The van der Waals surface area contributed by atoms with E-state index in [1.807, 2.05) is 0 Å². The summed E-state index contributed by atoms with van der Waals surface area (Å²) < 4.78 is 24.7. The number of nitrogens with two attached hydrogens (primary N) is 1. The van der Waals surface area contributed by atoms with Crippen LogP contribution in [-0.2, 0) is 0 Å². The molecule has 0 fully saturated rings. The molecule has 1 aromatic rings. The van der Waals surface area contributed by atoms with E-state index in [4.69, 9.17) is 5.73 Å². The van der Waals surface area contributed by atoms with Gasteiger partial charge < -0.3 is 15.8 Å². The third kappa shape index (κ3) is 2.40. The second-order valence-electron chi connectivity index (χ2n) is 2.65. The summed E-state index contributed by atoms with van der Waals surface area (Å²) in [6.07, 6.45) is -2.95. The Morgan fingerprint density at radius 2 is 2.19 bits per heavy atom. The lowest BCUT2D eigenvalue weighted by Crippen LogP contribution is -2.16. The molecule has 9 heteroatoms. The molecule has 0 aliphatic heterocycles. The second kappa shape index (κ2) is 4.63. The highest BCUT2D eigenvalue weighted by Crippen LogP contribution is 2.27. The molecular weight excluding hydrogens is 339 g/mol. The number of alkyl halides is 2. The van der Waals surface area contributed by atoms with Crippen LogP contribution >= 0.6 is 22.6 Å². The van der Waals surface area contributed by atoms with Gasteiger partial charge in [-0.3, -0.25) is 4.79 Å². The Hall–Kier alpha value is -1.39. The molecule has 16 heavy (non-hydrogen) atoms. The number of pyridine rings is 1. The lowest BCUT2D eigenvalue weighted by atomic mass is 10.2. The summed E-state index contributed by atoms with van der Waals surface area (Å²) in [5.74, 6) is -2.04. The van der Waals surface area contributed by atoms with Gasteiger partial charge in [0.05, 0.1) is 3.57 Å². The van der Waals surface area contributed by atoms with E-state index in [9.17, 15) is 23.7 Å². The van der Waals surface area contributed by atoms with Crippen LogP contribution in [0.4, 0.5) is 14.6 Å². The second-order valence-corrected chi connectivity index (χ2v) is 3.81. The van der Waals surface area contributed by atoms with Crippen molar-refractivity contribution in [1.82, 2.24) is 4.98 Å². The average Bonchev–Trinajstić information content (AvgIpc) is 2.15. The molecule has 0 aliphatic carbocycles. The molecule has 0 bridgehead atoms. The van der Waals surface area contributed by atoms with E-state index in [1.54, 1.807) is 0 Å². The van der Waals surface area contributed by atoms with Crippen molar-refractivity contribution in [3.63, 3.8) is 0 Å². The van der Waals surface area contributed by atoms with Gasteiger partial charge in [-0.1, -0.05) is 0 Å². The number of carbonyl (C=O) groups excluding carboxylic acids is 1. The van der Waals surface area contributed by atoms with Crippen LogP contribution in [0.25, 0.3) is 0 Å². The number of halogens is 3. The maximum absolute atomic E-state index is 12.4. The van der Waals surface area contributed by atoms with Gasteiger partial charge in [-0.15, -0.1) is 0 Å². The molecule has 0 saturated heterocycles. The molecule has 0 radical (unpaired) electrons. The highest BCUT2D eigenvalue weighted by molar-refractivity contribution is 14.1. The minimum absolute atomic E-state index is 0.0491. The van der Waals surface area contributed by atoms with Crippen LogP contribution in [0.5, 0.6) is 0 Å². The zero-order valence-corrected chi connectivity index (χ0v) is 9.64. The van der Waals surface area contributed by atoms with E-state index in [0.717, 1.165) is 6.07 Å². The number of nitrogens with zero attached hydrogens (tertiary/aromatic N) is 2. The number of nitro groups is 1. The van der Waals surface area contributed by atoms with Gasteiger partial charge in [0.15, 0.2) is 0 Å². The normalized spacial score (nSPS) is 10.5. The quantitative estimate of drug-likeness (QED) is 0.512. The van der Waals surface area contributed by atoms with Crippen LogP contribution in [0.15, 0.2) is 6.07 Å². The number of hydrogen-bond acceptors (Lipinski definition) is 4. The third-order valence-electron chi connectivity index (χ3n) is 1.63. The van der Waals surface area contributed by atoms with E-state index in [2.05, 4.69) is 4.98 Å². The molecule has 0 atom stereocenters. The SMILES string of the molecule is NC(=O)c1cc(I)c(C(F)F)nc1[N+](=O)[O-]. The molecule has 0 aromatic carbocycles. The Morgan fingerprint density at radius 3 is 2.56 bits per heavy atom. The van der Waals surface area contributed by atoms with Gasteiger partial charge in [-0.05, 0) is 38.6 Å². The molecule has 0 saturated carbocycles. The third-order valence-corrected chi connectivity index (χ3v) is 2.49. The van der Waals surface area contributed by atoms with E-state index >= 15 is 0 Å². The fourth-order valence-electron chi connectivity index (χ4n) is 0.966. The topological polar surface area (TPSA) is 99.1 Å². The first-order valence-electron chi connectivity index (χ1n) is 3.77. The fourth-order valence-corrected chi connectivity index (χ4v) is 1.63. The molecule has 1 aromatic heterocycles. The highest BCUT2D eigenvalue weighted by atomic mass is 127. The van der Waals surface area contributed by atoms with Gasteiger partial charge in [0.1, 0.15) is 5.56 Å². The van der Waals surface area contributed by atoms with Crippen LogP contribution in [0.2, 0.25) is 0 Å². The van der Waals surface area contributed by atoms with Gasteiger partial charge in [-0.25, -0.2) is 8.78 Å². The number of amides is 1. The summed E-state index contributed by atoms with van der Waals surface area (Å²) in [6.45, 7) is 0. The summed E-state index contributed by atoms with van der Waals surface area (Å²) in [7, 11) is 0. The maximum Gasteiger partial charge on any atom is 0.376 e. The van der Waals surface area contributed by atoms with Gasteiger partial charge in [0, 0.05) is 0 Å². The van der Waals surface area contributed by atoms with E-state index in [0.29, 0.717) is 0 Å². The summed E-state index contributed by atoms with van der Waals surface area (Å²) in [5, 5.41) is 10.5. The Balaban J connectivity index is 3.49. The molecule has 0 aliphatic rings. The number of primary amides is 1. The maximum atomic E-state index is 12.4. The minimum Gasteiger partial charge on any atom is -0.365 e. The average molecular weight is 343 g/mol. The van der Waals surface area contributed by atoms with Gasteiger partial charge in [-0.2, -0.15) is 0 Å². The minimum atomic E-state index is -2.95. The summed E-state index contributed by atoms with van der Waals surface area (Å²) in [5.41, 5.74) is 3.65. The van der Waals surface area contributed by atoms with Crippen LogP contribution in [0, 0.1) is 13.7 Å². The molecule has 86 valence electrons. The molecule has 6 nitrogen and oxygen atoms in total. The predicted octanol–water partition coefficient (Wildman–Crippen LogP) is 1.63. The monoisotopic (exact) mass is 343 g/mol. The van der Waals surface area contributed by atoms with Crippen molar-refractivity contribution < 1.29 is 18.5 Å². The van der Waals surface area contributed by atoms with Crippen LogP contribution in [0.3, 0.4) is 0 Å². The summed E-state index contributed by atoms with van der Waals surface area (Å²) in [6, 6.07) is 0.926. The smallest absolute Gasteiger partial charge is 0.365 e.